The van der Waals surface area contributed by atoms with Crippen molar-refractivity contribution in [3.8, 4) is 0 Å². The normalized spacial score (nSPS) is 11.3. The molecule has 0 unspecified atom stereocenters. The fraction of sp³-hybridized carbons (Fsp3) is 0.250. The second-order valence-corrected chi connectivity index (χ2v) is 5.91. The Kier molecular flexibility index (Phi) is 7.31. The summed E-state index contributed by atoms with van der Waals surface area (Å²) in [5.41, 5.74) is 10.8. The van der Waals surface area contributed by atoms with Crippen LogP contribution < -0.4 is 11.1 Å². The van der Waals surface area contributed by atoms with Gasteiger partial charge in [0, 0.05) is 29.3 Å². The molecule has 0 bridgehead atoms. The zero-order valence-electron chi connectivity index (χ0n) is 14.5. The Labute approximate surface area is 165 Å². The van der Waals surface area contributed by atoms with E-state index in [1.54, 1.807) is 0 Å². The highest BCUT2D eigenvalue weighted by atomic mass is 127. The monoisotopic (exact) mass is 448 g/mol. The topological polar surface area (TPSA) is 66.2 Å². The van der Waals surface area contributed by atoms with Crippen molar-refractivity contribution in [2.75, 3.05) is 11.9 Å². The molecule has 0 saturated heterocycles. The maximum absolute atomic E-state index is 5.98. The lowest BCUT2D eigenvalue weighted by atomic mass is 10.1. The summed E-state index contributed by atoms with van der Waals surface area (Å²) in [7, 11) is 0. The Hall–Kier alpha value is -2.02. The molecular weight excluding hydrogens is 423 g/mol. The largest absolute Gasteiger partial charge is 0.370 e. The van der Waals surface area contributed by atoms with Crippen molar-refractivity contribution in [2.45, 2.75) is 26.2 Å². The minimum Gasteiger partial charge on any atom is -0.370 e. The highest BCUT2D eigenvalue weighted by molar-refractivity contribution is 14.0. The molecule has 0 atom stereocenters. The highest BCUT2D eigenvalue weighted by Crippen LogP contribution is 2.18. The maximum Gasteiger partial charge on any atom is 0.193 e. The molecular formula is C20H25IN4. The molecule has 2 aromatic carbocycles. The third-order valence-electron chi connectivity index (χ3n) is 4.17. The van der Waals surface area contributed by atoms with E-state index in [1.807, 2.05) is 18.2 Å². The van der Waals surface area contributed by atoms with Gasteiger partial charge in [0.05, 0.1) is 0 Å². The van der Waals surface area contributed by atoms with E-state index in [4.69, 9.17) is 5.73 Å². The predicted molar refractivity (Wildman–Crippen MR) is 118 cm³/mol. The van der Waals surface area contributed by atoms with Crippen LogP contribution in [0.1, 0.15) is 24.5 Å². The minimum absolute atomic E-state index is 0. The van der Waals surface area contributed by atoms with Crippen molar-refractivity contribution in [3.63, 3.8) is 0 Å². The van der Waals surface area contributed by atoms with E-state index in [0.29, 0.717) is 12.5 Å². The van der Waals surface area contributed by atoms with Gasteiger partial charge in [0.25, 0.3) is 0 Å². The molecule has 1 heterocycles. The van der Waals surface area contributed by atoms with Gasteiger partial charge in [-0.1, -0.05) is 37.3 Å². The fourth-order valence-corrected chi connectivity index (χ4v) is 2.86. The van der Waals surface area contributed by atoms with E-state index >= 15 is 0 Å². The van der Waals surface area contributed by atoms with Gasteiger partial charge in [-0.3, -0.25) is 4.99 Å². The Morgan fingerprint density at radius 2 is 2.00 bits per heavy atom. The van der Waals surface area contributed by atoms with E-state index in [9.17, 15) is 0 Å². The second-order valence-electron chi connectivity index (χ2n) is 5.91. The third-order valence-corrected chi connectivity index (χ3v) is 4.17. The first-order valence-electron chi connectivity index (χ1n) is 8.47. The van der Waals surface area contributed by atoms with Crippen LogP contribution >= 0.6 is 24.0 Å². The Balaban J connectivity index is 0.00000225. The van der Waals surface area contributed by atoms with Crippen LogP contribution in [0.3, 0.4) is 0 Å². The van der Waals surface area contributed by atoms with Crippen LogP contribution in [0, 0.1) is 0 Å². The lowest BCUT2D eigenvalue weighted by molar-refractivity contribution is 0.836. The number of rotatable bonds is 6. The second kappa shape index (κ2) is 9.46. The number of anilines is 1. The van der Waals surface area contributed by atoms with Gasteiger partial charge in [0.1, 0.15) is 0 Å². The standard InChI is InChI=1S/C20H24N4.HI/c1-2-15-7-5-9-17(13-15)24-20(21)22-12-6-8-16-14-23-19-11-4-3-10-18(16)19;/h3-5,7,9-11,13-14,23H,2,6,8,12H2,1H3,(H3,21,22,24);1H. The van der Waals surface area contributed by atoms with Crippen molar-refractivity contribution in [2.24, 2.45) is 10.7 Å². The molecule has 4 N–H and O–H groups in total. The number of benzene rings is 2. The SMILES string of the molecule is CCc1cccc(NC(N)=NCCCc2c[nH]c3ccccc23)c1.I. The van der Waals surface area contributed by atoms with Gasteiger partial charge in [-0.25, -0.2) is 0 Å². The van der Waals surface area contributed by atoms with E-state index in [2.05, 4.69) is 58.7 Å². The first-order chi connectivity index (χ1) is 11.8. The summed E-state index contributed by atoms with van der Waals surface area (Å²) in [6, 6.07) is 16.6. The summed E-state index contributed by atoms with van der Waals surface area (Å²) >= 11 is 0. The predicted octanol–water partition coefficient (Wildman–Crippen LogP) is 4.71. The number of hydrogen-bond acceptors (Lipinski definition) is 1. The molecule has 0 saturated carbocycles. The molecule has 132 valence electrons. The molecule has 0 aliphatic rings. The number of guanidine groups is 1. The van der Waals surface area contributed by atoms with Crippen LogP contribution in [0.25, 0.3) is 10.9 Å². The Bertz CT molecular complexity index is 838. The number of aromatic nitrogens is 1. The van der Waals surface area contributed by atoms with Gasteiger partial charge >= 0.3 is 0 Å². The minimum atomic E-state index is 0. The molecule has 0 aliphatic heterocycles. The lowest BCUT2D eigenvalue weighted by Crippen LogP contribution is -2.23. The van der Waals surface area contributed by atoms with Crippen molar-refractivity contribution >= 4 is 46.5 Å². The average Bonchev–Trinajstić information content (AvgIpc) is 3.02. The van der Waals surface area contributed by atoms with Gasteiger partial charge in [-0.15, -0.1) is 24.0 Å². The number of nitrogens with two attached hydrogens (primary N) is 1. The zero-order chi connectivity index (χ0) is 16.8. The number of fused-ring (bicyclic) bond motifs is 1. The smallest absolute Gasteiger partial charge is 0.193 e. The van der Waals surface area contributed by atoms with Crippen LogP contribution in [-0.4, -0.2) is 17.5 Å². The Morgan fingerprint density at radius 3 is 2.84 bits per heavy atom. The molecule has 0 spiro atoms. The molecule has 25 heavy (non-hydrogen) atoms. The summed E-state index contributed by atoms with van der Waals surface area (Å²) in [4.78, 5) is 7.74. The van der Waals surface area contributed by atoms with Crippen molar-refractivity contribution in [3.05, 3.63) is 65.9 Å². The van der Waals surface area contributed by atoms with Crippen molar-refractivity contribution in [1.82, 2.24) is 4.98 Å². The number of halogens is 1. The Morgan fingerprint density at radius 1 is 1.16 bits per heavy atom. The van der Waals surface area contributed by atoms with E-state index in [1.165, 1.54) is 22.0 Å². The first kappa shape index (κ1) is 19.3. The van der Waals surface area contributed by atoms with Crippen LogP contribution in [0.15, 0.2) is 59.7 Å². The number of nitrogens with zero attached hydrogens (tertiary/aromatic N) is 1. The van der Waals surface area contributed by atoms with E-state index in [-0.39, 0.29) is 24.0 Å². The summed E-state index contributed by atoms with van der Waals surface area (Å²) in [5, 5.41) is 4.46. The fourth-order valence-electron chi connectivity index (χ4n) is 2.86. The molecule has 5 heteroatoms. The molecule has 0 fully saturated rings. The number of aryl methyl sites for hydroxylation is 2. The van der Waals surface area contributed by atoms with Crippen LogP contribution in [0.2, 0.25) is 0 Å². The number of aromatic amines is 1. The van der Waals surface area contributed by atoms with E-state index in [0.717, 1.165) is 24.9 Å². The molecule has 3 aromatic rings. The van der Waals surface area contributed by atoms with Crippen LogP contribution in [0.4, 0.5) is 5.69 Å². The van der Waals surface area contributed by atoms with E-state index < -0.39 is 0 Å². The molecule has 1 aromatic heterocycles. The summed E-state index contributed by atoms with van der Waals surface area (Å²) in [5.74, 6) is 0.474. The van der Waals surface area contributed by atoms with Gasteiger partial charge in [-0.2, -0.15) is 0 Å². The van der Waals surface area contributed by atoms with Gasteiger partial charge < -0.3 is 16.0 Å². The molecule has 0 radical (unpaired) electrons. The van der Waals surface area contributed by atoms with Crippen LogP contribution in [-0.2, 0) is 12.8 Å². The number of H-pyrrole nitrogens is 1. The van der Waals surface area contributed by atoms with Crippen molar-refractivity contribution < 1.29 is 0 Å². The molecule has 4 nitrogen and oxygen atoms in total. The molecule has 3 rings (SSSR count). The number of aliphatic imine (C=N–C) groups is 1. The number of nitrogens with one attached hydrogen (secondary N) is 2. The van der Waals surface area contributed by atoms with Gasteiger partial charge in [-0.05, 0) is 48.6 Å². The van der Waals surface area contributed by atoms with Gasteiger partial charge in [0.15, 0.2) is 5.96 Å². The molecule has 0 amide bonds. The van der Waals surface area contributed by atoms with Crippen molar-refractivity contribution in [1.29, 1.82) is 0 Å². The third kappa shape index (κ3) is 5.22. The average molecular weight is 448 g/mol. The van der Waals surface area contributed by atoms with Gasteiger partial charge in [0.2, 0.25) is 0 Å². The summed E-state index contributed by atoms with van der Waals surface area (Å²) in [6.07, 6.45) is 5.06. The quantitative estimate of drug-likeness (QED) is 0.221. The maximum atomic E-state index is 5.98. The zero-order valence-corrected chi connectivity index (χ0v) is 16.8. The summed E-state index contributed by atoms with van der Waals surface area (Å²) < 4.78 is 0. The first-order valence-corrected chi connectivity index (χ1v) is 8.47. The van der Waals surface area contributed by atoms with Crippen LogP contribution in [0.5, 0.6) is 0 Å². The molecule has 0 aliphatic carbocycles. The number of para-hydroxylation sites is 1. The summed E-state index contributed by atoms with van der Waals surface area (Å²) in [6.45, 7) is 2.85. The number of hydrogen-bond donors (Lipinski definition) is 3. The lowest BCUT2D eigenvalue weighted by Gasteiger charge is -2.07. The highest BCUT2D eigenvalue weighted by Gasteiger charge is 2.02.